The van der Waals surface area contributed by atoms with Gasteiger partial charge in [-0.15, -0.1) is 0 Å². The average Bonchev–Trinajstić information content (AvgIpc) is 2.52. The van der Waals surface area contributed by atoms with Crippen LogP contribution in [0.5, 0.6) is 0 Å². The zero-order valence-electron chi connectivity index (χ0n) is 14.3. The summed E-state index contributed by atoms with van der Waals surface area (Å²) < 4.78 is 39.3. The summed E-state index contributed by atoms with van der Waals surface area (Å²) in [6.45, 7) is 6.66. The molecule has 2 rings (SSSR count). The molecule has 0 spiro atoms. The van der Waals surface area contributed by atoms with Gasteiger partial charge in [0.25, 0.3) is 0 Å². The number of hydrogen-bond donors (Lipinski definition) is 1. The lowest BCUT2D eigenvalue weighted by Gasteiger charge is -2.20. The number of nitrogens with one attached hydrogen (secondary N) is 1. The van der Waals surface area contributed by atoms with Gasteiger partial charge in [0.1, 0.15) is 0 Å². The predicted molar refractivity (Wildman–Crippen MR) is 93.1 cm³/mol. The molecule has 4 heteroatoms. The molecule has 2 aromatic carbocycles. The highest BCUT2D eigenvalue weighted by Crippen LogP contribution is 2.33. The van der Waals surface area contributed by atoms with Crippen LogP contribution >= 0.6 is 0 Å². The maximum Gasteiger partial charge on any atom is 0.416 e. The highest BCUT2D eigenvalue weighted by Gasteiger charge is 2.32. The Hall–Kier alpha value is -1.97. The van der Waals surface area contributed by atoms with Crippen LogP contribution < -0.4 is 5.32 Å². The molecule has 1 atom stereocenters. The van der Waals surface area contributed by atoms with Crippen LogP contribution in [0.1, 0.15) is 49.8 Å². The molecule has 1 N–H and O–H groups in total. The molecule has 0 aliphatic heterocycles. The monoisotopic (exact) mass is 335 g/mol. The Kier molecular flexibility index (Phi) is 5.92. The van der Waals surface area contributed by atoms with Gasteiger partial charge in [0, 0.05) is 12.2 Å². The summed E-state index contributed by atoms with van der Waals surface area (Å²) in [5.74, 6) is 0.922. The van der Waals surface area contributed by atoms with Crippen LogP contribution in [-0.4, -0.2) is 0 Å². The molecular formula is C20H24F3N. The van der Waals surface area contributed by atoms with Crippen LogP contribution in [0.3, 0.4) is 0 Å². The standard InChI is InChI=1S/C20H24F3N/c1-14(2)12-15(3)17-9-5-7-11-19(17)24-13-16-8-4-6-10-18(16)20(21,22)23/h4-11,14-15,24H,12-13H2,1-3H3. The number of alkyl halides is 3. The number of anilines is 1. The largest absolute Gasteiger partial charge is 0.416 e. The Morgan fingerprint density at radius 3 is 2.21 bits per heavy atom. The summed E-state index contributed by atoms with van der Waals surface area (Å²) in [7, 11) is 0. The fourth-order valence-corrected chi connectivity index (χ4v) is 3.06. The van der Waals surface area contributed by atoms with Gasteiger partial charge in [-0.05, 0) is 41.5 Å². The first-order chi connectivity index (χ1) is 11.3. The van der Waals surface area contributed by atoms with E-state index in [0.29, 0.717) is 11.8 Å². The zero-order chi connectivity index (χ0) is 17.7. The van der Waals surface area contributed by atoms with Gasteiger partial charge in [-0.3, -0.25) is 0 Å². The maximum absolute atomic E-state index is 13.1. The van der Waals surface area contributed by atoms with E-state index in [2.05, 4.69) is 26.1 Å². The van der Waals surface area contributed by atoms with Crippen LogP contribution in [0.4, 0.5) is 18.9 Å². The third-order valence-corrected chi connectivity index (χ3v) is 4.11. The van der Waals surface area contributed by atoms with Crippen LogP contribution in [0.25, 0.3) is 0 Å². The van der Waals surface area contributed by atoms with Crippen LogP contribution in [-0.2, 0) is 12.7 Å². The third-order valence-electron chi connectivity index (χ3n) is 4.11. The predicted octanol–water partition coefficient (Wildman–Crippen LogP) is 6.47. The molecule has 0 aliphatic carbocycles. The molecule has 0 radical (unpaired) electrons. The molecule has 2 aromatic rings. The van der Waals surface area contributed by atoms with Crippen LogP contribution in [0.2, 0.25) is 0 Å². The molecule has 1 nitrogen and oxygen atoms in total. The van der Waals surface area contributed by atoms with Crippen molar-refractivity contribution in [2.75, 3.05) is 5.32 Å². The van der Waals surface area contributed by atoms with E-state index in [4.69, 9.17) is 0 Å². The number of rotatable bonds is 6. The Bertz CT molecular complexity index is 662. The molecule has 1 unspecified atom stereocenters. The summed E-state index contributed by atoms with van der Waals surface area (Å²) in [6, 6.07) is 13.6. The van der Waals surface area contributed by atoms with E-state index >= 15 is 0 Å². The van der Waals surface area contributed by atoms with Gasteiger partial charge in [-0.2, -0.15) is 13.2 Å². The Morgan fingerprint density at radius 1 is 0.917 bits per heavy atom. The van der Waals surface area contributed by atoms with Gasteiger partial charge in [0.15, 0.2) is 0 Å². The molecule has 0 heterocycles. The first kappa shape index (κ1) is 18.4. The van der Waals surface area contributed by atoms with Gasteiger partial charge < -0.3 is 5.32 Å². The first-order valence-corrected chi connectivity index (χ1v) is 8.27. The van der Waals surface area contributed by atoms with Gasteiger partial charge in [-0.25, -0.2) is 0 Å². The minimum absolute atomic E-state index is 0.154. The first-order valence-electron chi connectivity index (χ1n) is 8.27. The average molecular weight is 335 g/mol. The second-order valence-electron chi connectivity index (χ2n) is 6.63. The molecule has 24 heavy (non-hydrogen) atoms. The van der Waals surface area contributed by atoms with Crippen molar-refractivity contribution >= 4 is 5.69 Å². The second-order valence-corrected chi connectivity index (χ2v) is 6.63. The summed E-state index contributed by atoms with van der Waals surface area (Å²) >= 11 is 0. The SMILES string of the molecule is CC(C)CC(C)c1ccccc1NCc1ccccc1C(F)(F)F. The minimum Gasteiger partial charge on any atom is -0.381 e. The lowest BCUT2D eigenvalue weighted by Crippen LogP contribution is -2.12. The van der Waals surface area contributed by atoms with E-state index in [1.807, 2.05) is 24.3 Å². The van der Waals surface area contributed by atoms with E-state index in [1.54, 1.807) is 6.07 Å². The molecule has 0 fully saturated rings. The van der Waals surface area contributed by atoms with E-state index in [-0.39, 0.29) is 12.1 Å². The molecule has 130 valence electrons. The smallest absolute Gasteiger partial charge is 0.381 e. The molecule has 0 aliphatic rings. The quantitative estimate of drug-likeness (QED) is 0.638. The van der Waals surface area contributed by atoms with E-state index in [0.717, 1.165) is 23.7 Å². The summed E-state index contributed by atoms with van der Waals surface area (Å²) in [5, 5.41) is 3.20. The van der Waals surface area contributed by atoms with Gasteiger partial charge in [0.2, 0.25) is 0 Å². The van der Waals surface area contributed by atoms with Crippen molar-refractivity contribution in [1.29, 1.82) is 0 Å². The Balaban J connectivity index is 2.19. The van der Waals surface area contributed by atoms with Crippen molar-refractivity contribution in [2.24, 2.45) is 5.92 Å². The summed E-state index contributed by atoms with van der Waals surface area (Å²) in [6.07, 6.45) is -3.29. The fraction of sp³-hybridized carbons (Fsp3) is 0.400. The van der Waals surface area contributed by atoms with Crippen molar-refractivity contribution in [3.8, 4) is 0 Å². The summed E-state index contributed by atoms with van der Waals surface area (Å²) in [4.78, 5) is 0. The zero-order valence-corrected chi connectivity index (χ0v) is 14.3. The van der Waals surface area contributed by atoms with Crippen LogP contribution in [0, 0.1) is 5.92 Å². The molecular weight excluding hydrogens is 311 g/mol. The highest BCUT2D eigenvalue weighted by molar-refractivity contribution is 5.53. The topological polar surface area (TPSA) is 12.0 Å². The third kappa shape index (κ3) is 4.76. The molecule has 0 saturated heterocycles. The van der Waals surface area contributed by atoms with E-state index in [1.165, 1.54) is 12.1 Å². The van der Waals surface area contributed by atoms with E-state index in [9.17, 15) is 13.2 Å². The second kappa shape index (κ2) is 7.73. The van der Waals surface area contributed by atoms with Crippen molar-refractivity contribution in [3.05, 3.63) is 65.2 Å². The lowest BCUT2D eigenvalue weighted by atomic mass is 9.91. The van der Waals surface area contributed by atoms with Crippen molar-refractivity contribution < 1.29 is 13.2 Å². The number of para-hydroxylation sites is 1. The van der Waals surface area contributed by atoms with E-state index < -0.39 is 11.7 Å². The number of benzene rings is 2. The highest BCUT2D eigenvalue weighted by atomic mass is 19.4. The normalized spacial score (nSPS) is 13.1. The van der Waals surface area contributed by atoms with Crippen molar-refractivity contribution in [2.45, 2.75) is 45.8 Å². The molecule has 0 aromatic heterocycles. The van der Waals surface area contributed by atoms with Gasteiger partial charge in [0.05, 0.1) is 5.56 Å². The lowest BCUT2D eigenvalue weighted by molar-refractivity contribution is -0.138. The van der Waals surface area contributed by atoms with Crippen LogP contribution in [0.15, 0.2) is 48.5 Å². The molecule has 0 amide bonds. The number of halogens is 3. The Morgan fingerprint density at radius 2 is 1.54 bits per heavy atom. The van der Waals surface area contributed by atoms with Crippen molar-refractivity contribution in [1.82, 2.24) is 0 Å². The van der Waals surface area contributed by atoms with Crippen molar-refractivity contribution in [3.63, 3.8) is 0 Å². The Labute approximate surface area is 141 Å². The van der Waals surface area contributed by atoms with Gasteiger partial charge >= 0.3 is 6.18 Å². The number of hydrogen-bond acceptors (Lipinski definition) is 1. The maximum atomic E-state index is 13.1. The molecule has 0 saturated carbocycles. The summed E-state index contributed by atoms with van der Waals surface area (Å²) in [5.41, 5.74) is 1.74. The molecule has 0 bridgehead atoms. The fourth-order valence-electron chi connectivity index (χ4n) is 3.06. The minimum atomic E-state index is -4.33. The van der Waals surface area contributed by atoms with Gasteiger partial charge in [-0.1, -0.05) is 57.2 Å².